The van der Waals surface area contributed by atoms with E-state index in [0.29, 0.717) is 51.1 Å². The molecular formula is C28H30FN3O3. The molecule has 3 N–H and O–H groups in total. The van der Waals surface area contributed by atoms with Crippen molar-refractivity contribution in [2.45, 2.75) is 52.4 Å². The summed E-state index contributed by atoms with van der Waals surface area (Å²) in [6, 6.07) is 11.5. The largest absolute Gasteiger partial charge is 0.462 e. The first-order chi connectivity index (χ1) is 16.6. The molecule has 0 saturated carbocycles. The summed E-state index contributed by atoms with van der Waals surface area (Å²) in [5.74, 6) is 0.263. The van der Waals surface area contributed by atoms with Crippen LogP contribution in [0.15, 0.2) is 42.5 Å². The lowest BCUT2D eigenvalue weighted by molar-refractivity contribution is 0.0498. The van der Waals surface area contributed by atoms with Gasteiger partial charge in [0.2, 0.25) is 0 Å². The molecule has 0 saturated heterocycles. The van der Waals surface area contributed by atoms with Crippen LogP contribution in [-0.4, -0.2) is 24.2 Å². The number of halogens is 1. The summed E-state index contributed by atoms with van der Waals surface area (Å²) in [5.41, 5.74) is 1.40. The predicted octanol–water partition coefficient (Wildman–Crippen LogP) is 6.67. The third-order valence-electron chi connectivity index (χ3n) is 6.01. The van der Waals surface area contributed by atoms with Gasteiger partial charge in [0, 0.05) is 22.1 Å². The maximum atomic E-state index is 15.4. The zero-order chi connectivity index (χ0) is 25.3. The highest BCUT2D eigenvalue weighted by molar-refractivity contribution is 6.25. The summed E-state index contributed by atoms with van der Waals surface area (Å²) in [6.07, 6.45) is 2.90. The van der Waals surface area contributed by atoms with Gasteiger partial charge in [-0.25, -0.2) is 9.18 Å². The van der Waals surface area contributed by atoms with Crippen molar-refractivity contribution < 1.29 is 18.7 Å². The Morgan fingerprint density at radius 1 is 1.00 bits per heavy atom. The van der Waals surface area contributed by atoms with Gasteiger partial charge in [-0.2, -0.15) is 0 Å². The molecular weight excluding hydrogens is 445 g/mol. The Hall–Kier alpha value is -3.74. The zero-order valence-electron chi connectivity index (χ0n) is 20.5. The van der Waals surface area contributed by atoms with E-state index in [1.807, 2.05) is 20.8 Å². The number of carbonyl (C=O) groups is 1. The summed E-state index contributed by atoms with van der Waals surface area (Å²) in [5, 5.41) is 20.2. The van der Waals surface area contributed by atoms with E-state index < -0.39 is 11.2 Å². The standard InChI is InChI=1S/C28H30FN3O3/c1-5-6-7-12-34-27(33)16-8-10-18(11-9-16)35-24-19-15-21-20(25(30)32-26(21)31)13-17(19)14-22(29)23(24)28(2,3)4/h8-11,13-15H,5-7,12H2,1-4H3,(H3,30,31,32). The lowest BCUT2D eigenvalue weighted by Crippen LogP contribution is -2.20. The fraction of sp³-hybridized carbons (Fsp3) is 0.321. The Labute approximate surface area is 204 Å². The fourth-order valence-electron chi connectivity index (χ4n) is 4.24. The van der Waals surface area contributed by atoms with E-state index in [1.165, 1.54) is 6.07 Å². The van der Waals surface area contributed by atoms with Crippen LogP contribution in [0.5, 0.6) is 11.5 Å². The molecule has 182 valence electrons. The SMILES string of the molecule is CCCCCOC(=O)c1ccc(Oc2c(C(C)(C)C)c(F)cc3cc4c(cc23)C(=N)NC4=N)cc1. The van der Waals surface area contributed by atoms with E-state index in [2.05, 4.69) is 12.2 Å². The number of hydrogen-bond donors (Lipinski definition) is 3. The number of nitrogens with one attached hydrogen (secondary N) is 3. The first-order valence-electron chi connectivity index (χ1n) is 11.8. The van der Waals surface area contributed by atoms with Crippen LogP contribution in [0.3, 0.4) is 0 Å². The van der Waals surface area contributed by atoms with Crippen molar-refractivity contribution in [1.82, 2.24) is 5.32 Å². The van der Waals surface area contributed by atoms with Gasteiger partial charge < -0.3 is 14.8 Å². The number of amidine groups is 2. The second kappa shape index (κ2) is 9.49. The quantitative estimate of drug-likeness (QED) is 0.263. The van der Waals surface area contributed by atoms with Crippen molar-refractivity contribution in [3.8, 4) is 11.5 Å². The van der Waals surface area contributed by atoms with Gasteiger partial charge >= 0.3 is 5.97 Å². The fourth-order valence-corrected chi connectivity index (χ4v) is 4.24. The highest BCUT2D eigenvalue weighted by Gasteiger charge is 2.29. The minimum atomic E-state index is -0.562. The van der Waals surface area contributed by atoms with Gasteiger partial charge in [0.1, 0.15) is 29.0 Å². The van der Waals surface area contributed by atoms with E-state index in [1.54, 1.807) is 36.4 Å². The summed E-state index contributed by atoms with van der Waals surface area (Å²) >= 11 is 0. The van der Waals surface area contributed by atoms with E-state index >= 15 is 4.39 Å². The van der Waals surface area contributed by atoms with Crippen molar-refractivity contribution in [3.63, 3.8) is 0 Å². The average Bonchev–Trinajstić information content (AvgIpc) is 3.07. The Balaban J connectivity index is 1.72. The molecule has 0 radical (unpaired) electrons. The maximum absolute atomic E-state index is 15.4. The van der Waals surface area contributed by atoms with E-state index in [-0.39, 0.29) is 17.6 Å². The third kappa shape index (κ3) is 4.90. The molecule has 4 rings (SSSR count). The molecule has 0 fully saturated rings. The number of unbranched alkanes of at least 4 members (excludes halogenated alkanes) is 2. The molecule has 0 atom stereocenters. The minimum absolute atomic E-state index is 0.117. The molecule has 0 unspecified atom stereocenters. The van der Waals surface area contributed by atoms with Crippen LogP contribution in [0.2, 0.25) is 0 Å². The van der Waals surface area contributed by atoms with Crippen LogP contribution in [0.25, 0.3) is 10.8 Å². The van der Waals surface area contributed by atoms with Crippen LogP contribution in [-0.2, 0) is 10.2 Å². The molecule has 1 aliphatic heterocycles. The van der Waals surface area contributed by atoms with Crippen molar-refractivity contribution in [3.05, 3.63) is 70.5 Å². The Morgan fingerprint density at radius 3 is 2.29 bits per heavy atom. The molecule has 7 heteroatoms. The van der Waals surface area contributed by atoms with Crippen LogP contribution in [0.4, 0.5) is 4.39 Å². The van der Waals surface area contributed by atoms with E-state index in [4.69, 9.17) is 20.3 Å². The number of rotatable bonds is 7. The van der Waals surface area contributed by atoms with Gasteiger partial charge in [-0.3, -0.25) is 10.8 Å². The average molecular weight is 476 g/mol. The van der Waals surface area contributed by atoms with Gasteiger partial charge in [-0.1, -0.05) is 40.5 Å². The molecule has 1 aliphatic rings. The second-order valence-electron chi connectivity index (χ2n) is 9.78. The van der Waals surface area contributed by atoms with Crippen molar-refractivity contribution in [1.29, 1.82) is 10.8 Å². The Kier molecular flexibility index (Phi) is 6.61. The number of esters is 1. The van der Waals surface area contributed by atoms with Crippen LogP contribution < -0.4 is 10.1 Å². The smallest absolute Gasteiger partial charge is 0.338 e. The summed E-state index contributed by atoms with van der Waals surface area (Å²) in [6.45, 7) is 8.21. The number of benzene rings is 3. The number of ether oxygens (including phenoxy) is 2. The van der Waals surface area contributed by atoms with Gasteiger partial charge in [-0.15, -0.1) is 0 Å². The lowest BCUT2D eigenvalue weighted by atomic mass is 9.83. The van der Waals surface area contributed by atoms with Crippen LogP contribution in [0, 0.1) is 16.6 Å². The molecule has 0 aromatic heterocycles. The molecule has 3 aromatic carbocycles. The molecule has 0 amide bonds. The van der Waals surface area contributed by atoms with E-state index in [0.717, 1.165) is 19.3 Å². The second-order valence-corrected chi connectivity index (χ2v) is 9.78. The van der Waals surface area contributed by atoms with Gasteiger partial charge in [-0.05, 0) is 59.7 Å². The summed E-state index contributed by atoms with van der Waals surface area (Å²) in [4.78, 5) is 12.3. The predicted molar refractivity (Wildman–Crippen MR) is 136 cm³/mol. The highest BCUT2D eigenvalue weighted by Crippen LogP contribution is 2.43. The highest BCUT2D eigenvalue weighted by atomic mass is 19.1. The first kappa shape index (κ1) is 24.4. The van der Waals surface area contributed by atoms with E-state index in [9.17, 15) is 4.79 Å². The van der Waals surface area contributed by atoms with Crippen LogP contribution in [0.1, 0.15) is 74.0 Å². The summed E-state index contributed by atoms with van der Waals surface area (Å²) < 4.78 is 27.0. The molecule has 3 aromatic rings. The third-order valence-corrected chi connectivity index (χ3v) is 6.01. The van der Waals surface area contributed by atoms with Gasteiger partial charge in [0.05, 0.1) is 12.2 Å². The van der Waals surface area contributed by atoms with Gasteiger partial charge in [0.25, 0.3) is 0 Å². The first-order valence-corrected chi connectivity index (χ1v) is 11.8. The minimum Gasteiger partial charge on any atom is -0.462 e. The molecule has 0 aliphatic carbocycles. The maximum Gasteiger partial charge on any atom is 0.338 e. The van der Waals surface area contributed by atoms with Crippen LogP contribution >= 0.6 is 0 Å². The normalized spacial score (nSPS) is 13.1. The van der Waals surface area contributed by atoms with Crippen molar-refractivity contribution >= 4 is 28.4 Å². The molecule has 6 nitrogen and oxygen atoms in total. The summed E-state index contributed by atoms with van der Waals surface area (Å²) in [7, 11) is 0. The Morgan fingerprint density at radius 2 is 1.66 bits per heavy atom. The lowest BCUT2D eigenvalue weighted by Gasteiger charge is -2.25. The Bertz CT molecular complexity index is 1320. The monoisotopic (exact) mass is 475 g/mol. The zero-order valence-corrected chi connectivity index (χ0v) is 20.5. The van der Waals surface area contributed by atoms with Gasteiger partial charge in [0.15, 0.2) is 0 Å². The number of carbonyl (C=O) groups excluding carboxylic acids is 1. The van der Waals surface area contributed by atoms with Crippen molar-refractivity contribution in [2.75, 3.05) is 6.61 Å². The molecule has 1 heterocycles. The van der Waals surface area contributed by atoms with Crippen molar-refractivity contribution in [2.24, 2.45) is 0 Å². The topological polar surface area (TPSA) is 95.3 Å². The molecule has 0 bridgehead atoms. The number of hydrogen-bond acceptors (Lipinski definition) is 5. The molecule has 0 spiro atoms. The molecule has 35 heavy (non-hydrogen) atoms. The number of fused-ring (bicyclic) bond motifs is 2.